The highest BCUT2D eigenvalue weighted by atomic mass is 16.7. The van der Waals surface area contributed by atoms with Crippen LogP contribution in [0.1, 0.15) is 52.9 Å². The molecule has 5 atom stereocenters. The van der Waals surface area contributed by atoms with Crippen LogP contribution >= 0.6 is 0 Å². The van der Waals surface area contributed by atoms with Crippen LogP contribution in [0.4, 0.5) is 0 Å². The zero-order valence-corrected chi connectivity index (χ0v) is 16.0. The van der Waals surface area contributed by atoms with Crippen molar-refractivity contribution in [3.63, 3.8) is 0 Å². The Hall–Kier alpha value is -1.51. The van der Waals surface area contributed by atoms with E-state index in [-0.39, 0.29) is 23.9 Å². The molecular formula is C21H29NO4. The molecule has 0 aromatic rings. The van der Waals surface area contributed by atoms with E-state index in [1.54, 1.807) is 6.08 Å². The second kappa shape index (κ2) is 6.58. The second-order valence-electron chi connectivity index (χ2n) is 8.77. The summed E-state index contributed by atoms with van der Waals surface area (Å²) in [7, 11) is 0. The van der Waals surface area contributed by atoms with Crippen LogP contribution in [0.3, 0.4) is 0 Å². The van der Waals surface area contributed by atoms with Crippen LogP contribution in [-0.2, 0) is 19.1 Å². The molecule has 142 valence electrons. The van der Waals surface area contributed by atoms with Crippen LogP contribution in [0.5, 0.6) is 0 Å². The van der Waals surface area contributed by atoms with Crippen LogP contribution in [0.15, 0.2) is 12.7 Å². The molecule has 0 N–H and O–H groups in total. The molecule has 2 aliphatic carbocycles. The van der Waals surface area contributed by atoms with Gasteiger partial charge >= 0.3 is 0 Å². The van der Waals surface area contributed by atoms with Gasteiger partial charge in [0.05, 0.1) is 24.7 Å². The number of Topliss-reactive ketones (excluding diaryl/α,β-unsaturated/α-hetero) is 2. The maximum Gasteiger partial charge on any atom is 0.166 e. The molecular weight excluding hydrogens is 330 g/mol. The lowest BCUT2D eigenvalue weighted by molar-refractivity contribution is -0.156. The molecule has 5 heteroatoms. The van der Waals surface area contributed by atoms with Gasteiger partial charge in [0.25, 0.3) is 0 Å². The fourth-order valence-electron chi connectivity index (χ4n) is 5.32. The Bertz CT molecular complexity index is 661. The zero-order valence-electron chi connectivity index (χ0n) is 16.0. The van der Waals surface area contributed by atoms with Gasteiger partial charge in [0.1, 0.15) is 11.6 Å². The Morgan fingerprint density at radius 2 is 2.08 bits per heavy atom. The molecule has 0 aromatic carbocycles. The molecule has 26 heavy (non-hydrogen) atoms. The number of nitriles is 1. The Morgan fingerprint density at radius 3 is 2.65 bits per heavy atom. The number of fused-ring (bicyclic) bond motifs is 1. The Kier molecular flexibility index (Phi) is 4.87. The third-order valence-corrected chi connectivity index (χ3v) is 7.33. The van der Waals surface area contributed by atoms with Crippen molar-refractivity contribution in [2.75, 3.05) is 13.2 Å². The highest BCUT2D eigenvalue weighted by Gasteiger charge is 2.63. The summed E-state index contributed by atoms with van der Waals surface area (Å²) in [5, 5.41) is 9.85. The van der Waals surface area contributed by atoms with Gasteiger partial charge in [0.2, 0.25) is 0 Å². The number of ketones is 2. The summed E-state index contributed by atoms with van der Waals surface area (Å²) in [6.07, 6.45) is 3.92. The minimum Gasteiger partial charge on any atom is -0.349 e. The molecule has 0 bridgehead atoms. The van der Waals surface area contributed by atoms with Crippen molar-refractivity contribution in [3.8, 4) is 6.07 Å². The second-order valence-corrected chi connectivity index (χ2v) is 8.77. The summed E-state index contributed by atoms with van der Waals surface area (Å²) in [4.78, 5) is 26.3. The van der Waals surface area contributed by atoms with Gasteiger partial charge in [-0.05, 0) is 25.2 Å². The summed E-state index contributed by atoms with van der Waals surface area (Å²) < 4.78 is 11.3. The molecule has 2 saturated carbocycles. The third-order valence-electron chi connectivity index (χ3n) is 7.33. The predicted molar refractivity (Wildman–Crippen MR) is 95.9 cm³/mol. The average Bonchev–Trinajstić information content (AvgIpc) is 3.28. The number of rotatable bonds is 5. The van der Waals surface area contributed by atoms with E-state index in [1.165, 1.54) is 0 Å². The molecule has 1 saturated heterocycles. The highest BCUT2D eigenvalue weighted by molar-refractivity contribution is 5.95. The van der Waals surface area contributed by atoms with Crippen molar-refractivity contribution in [3.05, 3.63) is 12.7 Å². The average molecular weight is 359 g/mol. The molecule has 3 fully saturated rings. The zero-order chi connectivity index (χ0) is 19.2. The summed E-state index contributed by atoms with van der Waals surface area (Å²) in [5.74, 6) is -0.354. The van der Waals surface area contributed by atoms with Crippen molar-refractivity contribution >= 4 is 11.6 Å². The highest BCUT2D eigenvalue weighted by Crippen LogP contribution is 2.61. The standard InChI is InChI=1S/C21H29NO4/c1-5-19(3,18-25-10-11-26-18)12-16(24)20(4)14(2)6-8-21(13-22)9-7-15(23)17(20)21/h5,14,17-18H,1,6-12H2,2-4H3/t14-,17+,19-,20+,21+/m1/s1. The lowest BCUT2D eigenvalue weighted by atomic mass is 9.50. The number of ether oxygens (including phenoxy) is 2. The van der Waals surface area contributed by atoms with Crippen LogP contribution in [0.25, 0.3) is 0 Å². The van der Waals surface area contributed by atoms with Gasteiger partial charge in [0, 0.05) is 29.6 Å². The van der Waals surface area contributed by atoms with Gasteiger partial charge in [-0.1, -0.05) is 26.8 Å². The number of carbonyl (C=O) groups is 2. The number of nitrogens with zero attached hydrogens (tertiary/aromatic N) is 1. The monoisotopic (exact) mass is 359 g/mol. The summed E-state index contributed by atoms with van der Waals surface area (Å²) >= 11 is 0. The minimum absolute atomic E-state index is 0.0195. The number of hydrogen-bond donors (Lipinski definition) is 0. The van der Waals surface area contributed by atoms with Crippen LogP contribution in [0, 0.1) is 39.4 Å². The van der Waals surface area contributed by atoms with Gasteiger partial charge in [-0.15, -0.1) is 6.58 Å². The molecule has 0 spiro atoms. The Labute approximate surface area is 155 Å². The summed E-state index contributed by atoms with van der Waals surface area (Å²) in [6, 6.07) is 2.43. The SMILES string of the molecule is C=C[C@](C)(CC(=O)[C@]1(C)[C@H](C)CC[C@@]2(C#N)CCC(=O)[C@H]21)C1OCCO1. The first-order valence-corrected chi connectivity index (χ1v) is 9.57. The van der Waals surface area contributed by atoms with Gasteiger partial charge in [-0.25, -0.2) is 0 Å². The van der Waals surface area contributed by atoms with Crippen LogP contribution in [-0.4, -0.2) is 31.1 Å². The molecule has 3 aliphatic rings. The van der Waals surface area contributed by atoms with Crippen molar-refractivity contribution < 1.29 is 19.1 Å². The maximum absolute atomic E-state index is 13.6. The molecule has 0 unspecified atom stereocenters. The summed E-state index contributed by atoms with van der Waals surface area (Å²) in [6.45, 7) is 10.8. The summed E-state index contributed by atoms with van der Waals surface area (Å²) in [5.41, 5.74) is -2.16. The molecule has 1 aliphatic heterocycles. The van der Waals surface area contributed by atoms with Gasteiger partial charge in [-0.2, -0.15) is 5.26 Å². The normalized spacial score (nSPS) is 39.8. The van der Waals surface area contributed by atoms with E-state index in [0.29, 0.717) is 32.5 Å². The fourth-order valence-corrected chi connectivity index (χ4v) is 5.32. The molecule has 0 amide bonds. The lowest BCUT2D eigenvalue weighted by Gasteiger charge is -2.50. The molecule has 3 rings (SSSR count). The van der Waals surface area contributed by atoms with E-state index >= 15 is 0 Å². The smallest absolute Gasteiger partial charge is 0.166 e. The topological polar surface area (TPSA) is 76.4 Å². The van der Waals surface area contributed by atoms with Gasteiger partial charge in [-0.3, -0.25) is 9.59 Å². The van der Waals surface area contributed by atoms with Crippen molar-refractivity contribution in [1.82, 2.24) is 0 Å². The lowest BCUT2D eigenvalue weighted by Crippen LogP contribution is -2.54. The van der Waals surface area contributed by atoms with Crippen molar-refractivity contribution in [2.45, 2.75) is 59.2 Å². The van der Waals surface area contributed by atoms with E-state index in [2.05, 4.69) is 12.6 Å². The molecule has 0 aromatic heterocycles. The quantitative estimate of drug-likeness (QED) is 0.703. The van der Waals surface area contributed by atoms with Gasteiger partial charge in [0.15, 0.2) is 6.29 Å². The van der Waals surface area contributed by atoms with E-state index in [0.717, 1.165) is 6.42 Å². The fraction of sp³-hybridized carbons (Fsp3) is 0.762. The van der Waals surface area contributed by atoms with E-state index in [4.69, 9.17) is 9.47 Å². The minimum atomic E-state index is -0.829. The van der Waals surface area contributed by atoms with Crippen LogP contribution < -0.4 is 0 Å². The van der Waals surface area contributed by atoms with E-state index in [1.807, 2.05) is 20.8 Å². The predicted octanol–water partition coefficient (Wildman–Crippen LogP) is 3.44. The first-order valence-electron chi connectivity index (χ1n) is 9.57. The number of hydrogen-bond acceptors (Lipinski definition) is 5. The molecule has 1 heterocycles. The van der Waals surface area contributed by atoms with Crippen molar-refractivity contribution in [2.24, 2.45) is 28.1 Å². The third kappa shape index (κ3) is 2.66. The number of carbonyl (C=O) groups excluding carboxylic acids is 2. The Morgan fingerprint density at radius 1 is 1.42 bits per heavy atom. The first kappa shape index (κ1) is 19.3. The van der Waals surface area contributed by atoms with Gasteiger partial charge < -0.3 is 9.47 Å². The first-order chi connectivity index (χ1) is 12.2. The van der Waals surface area contributed by atoms with E-state index < -0.39 is 28.5 Å². The molecule has 5 nitrogen and oxygen atoms in total. The largest absolute Gasteiger partial charge is 0.349 e. The van der Waals surface area contributed by atoms with Crippen molar-refractivity contribution in [1.29, 1.82) is 5.26 Å². The maximum atomic E-state index is 13.6. The van der Waals surface area contributed by atoms with Crippen LogP contribution in [0.2, 0.25) is 0 Å². The molecule has 0 radical (unpaired) electrons. The van der Waals surface area contributed by atoms with E-state index in [9.17, 15) is 14.9 Å². The Balaban J connectivity index is 1.94.